The summed E-state index contributed by atoms with van der Waals surface area (Å²) in [6.07, 6.45) is 0.187. The Morgan fingerprint density at radius 3 is 2.44 bits per heavy atom. The summed E-state index contributed by atoms with van der Waals surface area (Å²) in [5.41, 5.74) is 0. The Kier molecular flexibility index (Phi) is 4.47. The molecule has 1 aliphatic rings. The van der Waals surface area contributed by atoms with E-state index in [2.05, 4.69) is 0 Å². The fourth-order valence-electron chi connectivity index (χ4n) is 2.25. The minimum atomic E-state index is -2.76. The number of ketones is 1. The Morgan fingerprint density at radius 2 is 2.00 bits per heavy atom. The SMILES string of the molecule is CC(C)CC1C(=O)CCN(C(O)(O)CO)C1(O)O. The van der Waals surface area contributed by atoms with Crippen LogP contribution in [0, 0.1) is 11.8 Å². The minimum Gasteiger partial charge on any atom is -0.389 e. The van der Waals surface area contributed by atoms with Crippen LogP contribution in [0.5, 0.6) is 0 Å². The van der Waals surface area contributed by atoms with Gasteiger partial charge in [0.2, 0.25) is 5.91 Å². The molecule has 7 heteroatoms. The second kappa shape index (κ2) is 5.20. The van der Waals surface area contributed by atoms with Crippen molar-refractivity contribution in [2.24, 2.45) is 11.8 Å². The molecule has 106 valence electrons. The van der Waals surface area contributed by atoms with Gasteiger partial charge >= 0.3 is 0 Å². The Balaban J connectivity index is 3.01. The highest BCUT2D eigenvalue weighted by Crippen LogP contribution is 2.35. The van der Waals surface area contributed by atoms with Crippen LogP contribution in [0.2, 0.25) is 0 Å². The van der Waals surface area contributed by atoms with Crippen LogP contribution in [0.15, 0.2) is 0 Å². The van der Waals surface area contributed by atoms with E-state index in [0.717, 1.165) is 0 Å². The normalized spacial score (nSPS) is 25.8. The molecule has 0 aromatic carbocycles. The Morgan fingerprint density at radius 1 is 1.44 bits per heavy atom. The second-order valence-corrected chi connectivity index (χ2v) is 5.17. The quantitative estimate of drug-likeness (QED) is 0.379. The van der Waals surface area contributed by atoms with Crippen LogP contribution in [0.3, 0.4) is 0 Å². The molecule has 0 aromatic rings. The highest BCUT2D eigenvalue weighted by atomic mass is 16.6. The van der Waals surface area contributed by atoms with Gasteiger partial charge in [-0.05, 0) is 12.3 Å². The maximum absolute atomic E-state index is 11.7. The topological polar surface area (TPSA) is 121 Å². The summed E-state index contributed by atoms with van der Waals surface area (Å²) in [7, 11) is 0. The molecular formula is C11H21NO6. The summed E-state index contributed by atoms with van der Waals surface area (Å²) >= 11 is 0. The van der Waals surface area contributed by atoms with Gasteiger partial charge in [-0.3, -0.25) is 4.79 Å². The number of carbonyl (C=O) groups is 1. The average Bonchev–Trinajstić information content (AvgIpc) is 2.23. The predicted molar refractivity (Wildman–Crippen MR) is 60.7 cm³/mol. The number of Topliss-reactive ketones (excluding diaryl/α,β-unsaturated/α-hetero) is 1. The van der Waals surface area contributed by atoms with Gasteiger partial charge in [0.15, 0.2) is 0 Å². The van der Waals surface area contributed by atoms with Crippen molar-refractivity contribution in [2.45, 2.75) is 38.5 Å². The molecule has 0 aromatic heterocycles. The Hall–Kier alpha value is -0.570. The zero-order valence-electron chi connectivity index (χ0n) is 10.6. The molecule has 5 N–H and O–H groups in total. The second-order valence-electron chi connectivity index (χ2n) is 5.17. The summed E-state index contributed by atoms with van der Waals surface area (Å²) < 4.78 is 0. The van der Waals surface area contributed by atoms with Gasteiger partial charge in [0.05, 0.1) is 5.92 Å². The summed E-state index contributed by atoms with van der Waals surface area (Å²) in [5.74, 6) is -6.86. The van der Waals surface area contributed by atoms with Crippen LogP contribution in [0.1, 0.15) is 26.7 Å². The molecule has 1 fully saturated rings. The van der Waals surface area contributed by atoms with Crippen LogP contribution < -0.4 is 0 Å². The first-order valence-electron chi connectivity index (χ1n) is 5.93. The number of nitrogens with zero attached hydrogens (tertiary/aromatic N) is 1. The van der Waals surface area contributed by atoms with Crippen LogP contribution >= 0.6 is 0 Å². The molecule has 0 saturated carbocycles. The molecule has 0 radical (unpaired) electrons. The summed E-state index contributed by atoms with van der Waals surface area (Å²) in [4.78, 5) is 12.3. The fourth-order valence-corrected chi connectivity index (χ4v) is 2.25. The third-order valence-electron chi connectivity index (χ3n) is 3.19. The van der Waals surface area contributed by atoms with Crippen molar-refractivity contribution in [1.29, 1.82) is 0 Å². The number of likely N-dealkylation sites (tertiary alicyclic amines) is 1. The van der Waals surface area contributed by atoms with Crippen molar-refractivity contribution in [3.8, 4) is 0 Å². The number of aliphatic hydroxyl groups excluding tert-OH is 1. The zero-order chi connectivity index (χ0) is 14.1. The molecule has 1 unspecified atom stereocenters. The third kappa shape index (κ3) is 2.87. The highest BCUT2D eigenvalue weighted by molar-refractivity contribution is 5.82. The standard InChI is InChI=1S/C11H21NO6/c1-7(2)5-8-9(14)3-4-12(11(8,17)18)10(15,16)6-13/h7-8,13,15-18H,3-6H2,1-2H3. The first-order chi connectivity index (χ1) is 8.13. The number of carbonyl (C=O) groups excluding carboxylic acids is 1. The van der Waals surface area contributed by atoms with E-state index in [1.807, 2.05) is 13.8 Å². The van der Waals surface area contributed by atoms with Crippen LogP contribution in [0.25, 0.3) is 0 Å². The molecule has 18 heavy (non-hydrogen) atoms. The largest absolute Gasteiger partial charge is 0.389 e. The van der Waals surface area contributed by atoms with Crippen molar-refractivity contribution in [3.63, 3.8) is 0 Å². The lowest BCUT2D eigenvalue weighted by atomic mass is 9.84. The number of aliphatic hydroxyl groups is 5. The number of hydrogen-bond donors (Lipinski definition) is 5. The van der Waals surface area contributed by atoms with Gasteiger partial charge in [0.25, 0.3) is 5.91 Å². The van der Waals surface area contributed by atoms with E-state index in [-0.39, 0.29) is 31.1 Å². The van der Waals surface area contributed by atoms with E-state index in [0.29, 0.717) is 4.90 Å². The fraction of sp³-hybridized carbons (Fsp3) is 0.909. The van der Waals surface area contributed by atoms with Gasteiger partial charge < -0.3 is 25.5 Å². The molecular weight excluding hydrogens is 242 g/mol. The lowest BCUT2D eigenvalue weighted by molar-refractivity contribution is -0.407. The van der Waals surface area contributed by atoms with Crippen LogP contribution in [-0.2, 0) is 4.79 Å². The summed E-state index contributed by atoms with van der Waals surface area (Å²) in [5, 5.41) is 47.9. The van der Waals surface area contributed by atoms with Crippen molar-refractivity contribution in [2.75, 3.05) is 13.2 Å². The van der Waals surface area contributed by atoms with Crippen LogP contribution in [-0.4, -0.2) is 61.2 Å². The van der Waals surface area contributed by atoms with E-state index in [4.69, 9.17) is 5.11 Å². The lowest BCUT2D eigenvalue weighted by Crippen LogP contribution is -2.69. The predicted octanol–water partition coefficient (Wildman–Crippen LogP) is -1.81. The molecule has 0 bridgehead atoms. The Bertz CT molecular complexity index is 315. The van der Waals surface area contributed by atoms with Crippen molar-refractivity contribution in [1.82, 2.24) is 4.90 Å². The molecule has 7 nitrogen and oxygen atoms in total. The summed E-state index contributed by atoms with van der Waals surface area (Å²) in [6.45, 7) is 2.31. The maximum atomic E-state index is 11.7. The monoisotopic (exact) mass is 263 g/mol. The molecule has 1 saturated heterocycles. The van der Waals surface area contributed by atoms with Crippen molar-refractivity contribution >= 4 is 5.78 Å². The smallest absolute Gasteiger partial charge is 0.253 e. The molecule has 1 aliphatic heterocycles. The number of rotatable bonds is 4. The molecule has 1 rings (SSSR count). The van der Waals surface area contributed by atoms with Gasteiger partial charge in [-0.2, -0.15) is 4.90 Å². The first-order valence-corrected chi connectivity index (χ1v) is 5.93. The van der Waals surface area contributed by atoms with E-state index in [9.17, 15) is 25.2 Å². The van der Waals surface area contributed by atoms with Gasteiger partial charge in [-0.15, -0.1) is 0 Å². The van der Waals surface area contributed by atoms with Crippen LogP contribution in [0.4, 0.5) is 0 Å². The molecule has 1 atom stereocenters. The van der Waals surface area contributed by atoms with Crippen molar-refractivity contribution < 1.29 is 30.3 Å². The van der Waals surface area contributed by atoms with Gasteiger partial charge in [0.1, 0.15) is 12.4 Å². The third-order valence-corrected chi connectivity index (χ3v) is 3.19. The zero-order valence-corrected chi connectivity index (χ0v) is 10.6. The highest BCUT2D eigenvalue weighted by Gasteiger charge is 2.54. The maximum Gasteiger partial charge on any atom is 0.253 e. The average molecular weight is 263 g/mol. The lowest BCUT2D eigenvalue weighted by Gasteiger charge is -2.48. The van der Waals surface area contributed by atoms with E-state index < -0.39 is 24.3 Å². The van der Waals surface area contributed by atoms with Gasteiger partial charge in [-0.1, -0.05) is 13.8 Å². The van der Waals surface area contributed by atoms with E-state index >= 15 is 0 Å². The molecule has 0 spiro atoms. The molecule has 0 amide bonds. The molecule has 0 aliphatic carbocycles. The van der Waals surface area contributed by atoms with E-state index in [1.165, 1.54) is 0 Å². The van der Waals surface area contributed by atoms with Gasteiger partial charge in [0, 0.05) is 13.0 Å². The molecule has 1 heterocycles. The number of hydrogen-bond acceptors (Lipinski definition) is 7. The minimum absolute atomic E-state index is 0.0247. The Labute approximate surface area is 105 Å². The number of piperidine rings is 1. The first kappa shape index (κ1) is 15.5. The van der Waals surface area contributed by atoms with Gasteiger partial charge in [-0.25, -0.2) is 0 Å². The van der Waals surface area contributed by atoms with E-state index in [1.54, 1.807) is 0 Å². The summed E-state index contributed by atoms with van der Waals surface area (Å²) in [6, 6.07) is 0. The van der Waals surface area contributed by atoms with Crippen molar-refractivity contribution in [3.05, 3.63) is 0 Å².